The largest absolute Gasteiger partial charge is 0.355 e. The van der Waals surface area contributed by atoms with Crippen LogP contribution >= 0.6 is 0 Å². The normalized spacial score (nSPS) is 15.6. The summed E-state index contributed by atoms with van der Waals surface area (Å²) in [6.45, 7) is 2.06. The molecule has 0 aromatic carbocycles. The number of anilines is 2. The van der Waals surface area contributed by atoms with Crippen molar-refractivity contribution in [1.82, 2.24) is 4.98 Å². The van der Waals surface area contributed by atoms with Crippen LogP contribution in [-0.4, -0.2) is 24.5 Å². The molecule has 0 saturated carbocycles. The Morgan fingerprint density at radius 3 is 2.93 bits per heavy atom. The summed E-state index contributed by atoms with van der Waals surface area (Å²) in [5.74, 6) is 0.886. The van der Waals surface area contributed by atoms with Gasteiger partial charge in [-0.1, -0.05) is 0 Å². The molecule has 1 amide bonds. The van der Waals surface area contributed by atoms with E-state index in [1.807, 2.05) is 12.1 Å². The van der Waals surface area contributed by atoms with Crippen LogP contribution < -0.4 is 10.2 Å². The fourth-order valence-electron chi connectivity index (χ4n) is 1.75. The summed E-state index contributed by atoms with van der Waals surface area (Å²) < 4.78 is 0. The summed E-state index contributed by atoms with van der Waals surface area (Å²) in [5.41, 5.74) is 0.796. The van der Waals surface area contributed by atoms with E-state index in [0.29, 0.717) is 6.41 Å². The highest BCUT2D eigenvalue weighted by Crippen LogP contribution is 2.25. The predicted molar refractivity (Wildman–Crippen MR) is 55.4 cm³/mol. The molecule has 1 fully saturated rings. The Morgan fingerprint density at radius 1 is 1.43 bits per heavy atom. The summed E-state index contributed by atoms with van der Waals surface area (Å²) in [5, 5.41) is 2.67. The van der Waals surface area contributed by atoms with Crippen LogP contribution in [0.5, 0.6) is 0 Å². The topological polar surface area (TPSA) is 45.2 Å². The number of nitrogens with one attached hydrogen (secondary N) is 1. The Hall–Kier alpha value is -1.58. The second-order valence-electron chi connectivity index (χ2n) is 3.33. The van der Waals surface area contributed by atoms with Crippen molar-refractivity contribution < 1.29 is 4.79 Å². The zero-order valence-electron chi connectivity index (χ0n) is 7.94. The quantitative estimate of drug-likeness (QED) is 0.731. The summed E-state index contributed by atoms with van der Waals surface area (Å²) in [4.78, 5) is 16.9. The Kier molecular flexibility index (Phi) is 2.62. The standard InChI is InChI=1S/C10H13N3O/c14-8-12-9-4-3-5-11-10(9)13-6-1-2-7-13/h3-5,8H,1-2,6-7H2,(H,12,14). The van der Waals surface area contributed by atoms with Crippen LogP contribution in [0.4, 0.5) is 11.5 Å². The molecule has 0 radical (unpaired) electrons. The summed E-state index contributed by atoms with van der Waals surface area (Å²) in [6, 6.07) is 3.69. The molecular formula is C10H13N3O. The number of rotatable bonds is 3. The number of carbonyl (C=O) groups is 1. The lowest BCUT2D eigenvalue weighted by Crippen LogP contribution is -2.20. The van der Waals surface area contributed by atoms with E-state index in [9.17, 15) is 4.79 Å². The molecule has 14 heavy (non-hydrogen) atoms. The molecule has 74 valence electrons. The number of pyridine rings is 1. The molecule has 0 spiro atoms. The van der Waals surface area contributed by atoms with Crippen molar-refractivity contribution >= 4 is 17.9 Å². The molecule has 1 aliphatic rings. The van der Waals surface area contributed by atoms with Crippen LogP contribution in [0.3, 0.4) is 0 Å². The van der Waals surface area contributed by atoms with Gasteiger partial charge in [-0.15, -0.1) is 0 Å². The number of hydrogen-bond acceptors (Lipinski definition) is 3. The first kappa shape index (κ1) is 8.99. The van der Waals surface area contributed by atoms with Gasteiger partial charge in [0, 0.05) is 19.3 Å². The minimum Gasteiger partial charge on any atom is -0.355 e. The van der Waals surface area contributed by atoms with Gasteiger partial charge >= 0.3 is 0 Å². The van der Waals surface area contributed by atoms with E-state index >= 15 is 0 Å². The van der Waals surface area contributed by atoms with Crippen LogP contribution in [0.1, 0.15) is 12.8 Å². The van der Waals surface area contributed by atoms with E-state index in [1.165, 1.54) is 12.8 Å². The van der Waals surface area contributed by atoms with E-state index in [1.54, 1.807) is 6.20 Å². The van der Waals surface area contributed by atoms with Gasteiger partial charge in [-0.25, -0.2) is 4.98 Å². The molecule has 1 aromatic heterocycles. The number of aromatic nitrogens is 1. The van der Waals surface area contributed by atoms with E-state index in [-0.39, 0.29) is 0 Å². The van der Waals surface area contributed by atoms with E-state index in [4.69, 9.17) is 0 Å². The second kappa shape index (κ2) is 4.09. The molecule has 0 atom stereocenters. The number of carbonyl (C=O) groups excluding carboxylic acids is 1. The van der Waals surface area contributed by atoms with Crippen LogP contribution in [-0.2, 0) is 4.79 Å². The van der Waals surface area contributed by atoms with Crippen LogP contribution in [0.25, 0.3) is 0 Å². The molecule has 0 aliphatic carbocycles. The second-order valence-corrected chi connectivity index (χ2v) is 3.33. The van der Waals surface area contributed by atoms with E-state index in [0.717, 1.165) is 24.6 Å². The Bertz CT molecular complexity index is 321. The zero-order chi connectivity index (χ0) is 9.80. The molecule has 2 rings (SSSR count). The van der Waals surface area contributed by atoms with Gasteiger partial charge in [-0.2, -0.15) is 0 Å². The molecule has 1 N–H and O–H groups in total. The summed E-state index contributed by atoms with van der Waals surface area (Å²) in [6.07, 6.45) is 4.86. The fourth-order valence-corrected chi connectivity index (χ4v) is 1.75. The van der Waals surface area contributed by atoms with Gasteiger partial charge < -0.3 is 10.2 Å². The third kappa shape index (κ3) is 1.69. The highest BCUT2D eigenvalue weighted by Gasteiger charge is 2.16. The first-order valence-corrected chi connectivity index (χ1v) is 4.82. The lowest BCUT2D eigenvalue weighted by molar-refractivity contribution is -0.105. The fraction of sp³-hybridized carbons (Fsp3) is 0.400. The van der Waals surface area contributed by atoms with Gasteiger partial charge in [-0.05, 0) is 25.0 Å². The predicted octanol–water partition coefficient (Wildman–Crippen LogP) is 1.25. The van der Waals surface area contributed by atoms with Gasteiger partial charge in [0.15, 0.2) is 5.82 Å². The monoisotopic (exact) mass is 191 g/mol. The van der Waals surface area contributed by atoms with Crippen LogP contribution in [0.15, 0.2) is 18.3 Å². The van der Waals surface area contributed by atoms with Crippen molar-refractivity contribution in [3.8, 4) is 0 Å². The summed E-state index contributed by atoms with van der Waals surface area (Å²) >= 11 is 0. The number of hydrogen-bond donors (Lipinski definition) is 1. The third-order valence-corrected chi connectivity index (χ3v) is 2.41. The first-order chi connectivity index (χ1) is 6.92. The van der Waals surface area contributed by atoms with Crippen molar-refractivity contribution in [2.45, 2.75) is 12.8 Å². The lowest BCUT2D eigenvalue weighted by Gasteiger charge is -2.18. The van der Waals surface area contributed by atoms with Gasteiger partial charge in [0.25, 0.3) is 0 Å². The third-order valence-electron chi connectivity index (χ3n) is 2.41. The highest BCUT2D eigenvalue weighted by atomic mass is 16.1. The van der Waals surface area contributed by atoms with Crippen LogP contribution in [0.2, 0.25) is 0 Å². The van der Waals surface area contributed by atoms with Gasteiger partial charge in [0.2, 0.25) is 6.41 Å². The molecule has 0 unspecified atom stereocenters. The van der Waals surface area contributed by atoms with Crippen molar-refractivity contribution in [3.63, 3.8) is 0 Å². The van der Waals surface area contributed by atoms with Crippen molar-refractivity contribution in [2.24, 2.45) is 0 Å². The van der Waals surface area contributed by atoms with E-state index < -0.39 is 0 Å². The van der Waals surface area contributed by atoms with Crippen molar-refractivity contribution in [2.75, 3.05) is 23.3 Å². The molecule has 4 nitrogen and oxygen atoms in total. The smallest absolute Gasteiger partial charge is 0.211 e. The average Bonchev–Trinajstić information content (AvgIpc) is 2.72. The maximum absolute atomic E-state index is 10.4. The molecule has 1 aliphatic heterocycles. The van der Waals surface area contributed by atoms with Crippen molar-refractivity contribution in [1.29, 1.82) is 0 Å². The average molecular weight is 191 g/mol. The zero-order valence-corrected chi connectivity index (χ0v) is 7.94. The molecule has 1 aromatic rings. The Balaban J connectivity index is 2.25. The minimum atomic E-state index is 0.691. The molecule has 2 heterocycles. The first-order valence-electron chi connectivity index (χ1n) is 4.82. The maximum atomic E-state index is 10.4. The number of amides is 1. The van der Waals surface area contributed by atoms with Gasteiger partial charge in [-0.3, -0.25) is 4.79 Å². The Morgan fingerprint density at radius 2 is 2.21 bits per heavy atom. The highest BCUT2D eigenvalue weighted by molar-refractivity contribution is 5.79. The van der Waals surface area contributed by atoms with Crippen LogP contribution in [0, 0.1) is 0 Å². The lowest BCUT2D eigenvalue weighted by atomic mass is 10.3. The Labute approximate surface area is 82.9 Å². The molecule has 4 heteroatoms. The molecule has 0 bridgehead atoms. The van der Waals surface area contributed by atoms with Crippen molar-refractivity contribution in [3.05, 3.63) is 18.3 Å². The minimum absolute atomic E-state index is 0.691. The van der Waals surface area contributed by atoms with Gasteiger partial charge in [0.1, 0.15) is 0 Å². The molecule has 1 saturated heterocycles. The molecular weight excluding hydrogens is 178 g/mol. The number of nitrogens with zero attached hydrogens (tertiary/aromatic N) is 2. The summed E-state index contributed by atoms with van der Waals surface area (Å²) in [7, 11) is 0. The van der Waals surface area contributed by atoms with E-state index in [2.05, 4.69) is 15.2 Å². The maximum Gasteiger partial charge on any atom is 0.211 e. The van der Waals surface area contributed by atoms with Gasteiger partial charge in [0.05, 0.1) is 5.69 Å². The SMILES string of the molecule is O=CNc1cccnc1N1CCCC1.